The number of nitrogens with zero attached hydrogens (tertiary/aromatic N) is 2. The van der Waals surface area contributed by atoms with Crippen LogP contribution in [0.1, 0.15) is 18.5 Å². The quantitative estimate of drug-likeness (QED) is 0.761. The molecule has 146 valence electrons. The van der Waals surface area contributed by atoms with Gasteiger partial charge in [0.1, 0.15) is 10.6 Å². The van der Waals surface area contributed by atoms with Gasteiger partial charge in [0.2, 0.25) is 10.0 Å². The van der Waals surface area contributed by atoms with E-state index < -0.39 is 10.0 Å². The lowest BCUT2D eigenvalue weighted by molar-refractivity contribution is 0.177. The van der Waals surface area contributed by atoms with E-state index in [4.69, 9.17) is 16.3 Å². The van der Waals surface area contributed by atoms with Crippen molar-refractivity contribution in [2.75, 3.05) is 26.7 Å². The van der Waals surface area contributed by atoms with Crippen molar-refractivity contribution < 1.29 is 13.2 Å². The van der Waals surface area contributed by atoms with E-state index in [0.717, 1.165) is 38.2 Å². The summed E-state index contributed by atoms with van der Waals surface area (Å²) in [5.41, 5.74) is 1.06. The zero-order valence-electron chi connectivity index (χ0n) is 15.3. The third-order valence-corrected chi connectivity index (χ3v) is 6.48. The second-order valence-corrected chi connectivity index (χ2v) is 8.86. The molecule has 0 saturated carbocycles. The van der Waals surface area contributed by atoms with Crippen LogP contribution in [0, 0.1) is 5.92 Å². The first kappa shape index (κ1) is 20.1. The number of aromatic nitrogens is 1. The number of pyridine rings is 1. The number of hydrogen-bond acceptors (Lipinski definition) is 5. The van der Waals surface area contributed by atoms with Crippen molar-refractivity contribution in [1.82, 2.24) is 14.6 Å². The Morgan fingerprint density at radius 3 is 2.70 bits per heavy atom. The summed E-state index contributed by atoms with van der Waals surface area (Å²) in [6.07, 6.45) is 3.70. The molecule has 2 heterocycles. The Balaban J connectivity index is 1.53. The second-order valence-electron chi connectivity index (χ2n) is 6.69. The Morgan fingerprint density at radius 1 is 1.26 bits per heavy atom. The number of halogens is 1. The van der Waals surface area contributed by atoms with Gasteiger partial charge in [-0.2, -0.15) is 0 Å². The van der Waals surface area contributed by atoms with Crippen LogP contribution in [0.2, 0.25) is 5.02 Å². The van der Waals surface area contributed by atoms with Gasteiger partial charge in [-0.05, 0) is 62.2 Å². The van der Waals surface area contributed by atoms with E-state index in [1.54, 1.807) is 18.3 Å². The van der Waals surface area contributed by atoms with E-state index in [1.807, 2.05) is 18.2 Å². The van der Waals surface area contributed by atoms with Crippen LogP contribution in [0.15, 0.2) is 47.5 Å². The van der Waals surface area contributed by atoms with Crippen molar-refractivity contribution in [2.45, 2.75) is 24.3 Å². The highest BCUT2D eigenvalue weighted by atomic mass is 35.5. The molecule has 0 radical (unpaired) electrons. The molecular weight excluding hydrogens is 386 g/mol. The zero-order chi connectivity index (χ0) is 19.3. The lowest BCUT2D eigenvalue weighted by atomic mass is 9.97. The molecule has 0 atom stereocenters. The number of likely N-dealkylation sites (tertiary alicyclic amines) is 1. The minimum atomic E-state index is -3.67. The SMILES string of the molecule is COc1ccc(Cl)cc1S(=O)(=O)NCC1CCN(Cc2ccccn2)CC1. The highest BCUT2D eigenvalue weighted by Gasteiger charge is 2.24. The number of hydrogen-bond donors (Lipinski definition) is 1. The molecular formula is C19H24ClN3O3S. The van der Waals surface area contributed by atoms with Gasteiger partial charge in [0, 0.05) is 24.3 Å². The lowest BCUT2D eigenvalue weighted by Crippen LogP contribution is -2.38. The van der Waals surface area contributed by atoms with Crippen molar-refractivity contribution in [1.29, 1.82) is 0 Å². The molecule has 1 aliphatic heterocycles. The Morgan fingerprint density at radius 2 is 2.04 bits per heavy atom. The van der Waals surface area contributed by atoms with E-state index in [2.05, 4.69) is 14.6 Å². The second kappa shape index (κ2) is 9.01. The molecule has 1 aliphatic rings. The fraction of sp³-hybridized carbons (Fsp3) is 0.421. The van der Waals surface area contributed by atoms with Crippen molar-refractivity contribution >= 4 is 21.6 Å². The first-order chi connectivity index (χ1) is 13.0. The van der Waals surface area contributed by atoms with E-state index >= 15 is 0 Å². The molecule has 0 bridgehead atoms. The maximum absolute atomic E-state index is 12.6. The Labute approximate surface area is 165 Å². The van der Waals surface area contributed by atoms with Crippen LogP contribution in [0.3, 0.4) is 0 Å². The van der Waals surface area contributed by atoms with Gasteiger partial charge in [0.25, 0.3) is 0 Å². The van der Waals surface area contributed by atoms with Gasteiger partial charge in [-0.25, -0.2) is 13.1 Å². The van der Waals surface area contributed by atoms with Gasteiger partial charge < -0.3 is 4.74 Å². The maximum atomic E-state index is 12.6. The topological polar surface area (TPSA) is 71.5 Å². The highest BCUT2D eigenvalue weighted by Crippen LogP contribution is 2.27. The molecule has 1 aromatic carbocycles. The van der Waals surface area contributed by atoms with Crippen molar-refractivity contribution in [3.8, 4) is 5.75 Å². The van der Waals surface area contributed by atoms with Gasteiger partial charge >= 0.3 is 0 Å². The maximum Gasteiger partial charge on any atom is 0.244 e. The largest absolute Gasteiger partial charge is 0.495 e. The number of methoxy groups -OCH3 is 1. The Kier molecular flexibility index (Phi) is 6.70. The van der Waals surface area contributed by atoms with Gasteiger partial charge in [-0.1, -0.05) is 17.7 Å². The van der Waals surface area contributed by atoms with Crippen LogP contribution < -0.4 is 9.46 Å². The third kappa shape index (κ3) is 5.42. The minimum Gasteiger partial charge on any atom is -0.495 e. The molecule has 27 heavy (non-hydrogen) atoms. The van der Waals surface area contributed by atoms with Gasteiger partial charge in [-0.15, -0.1) is 0 Å². The summed E-state index contributed by atoms with van der Waals surface area (Å²) in [6.45, 7) is 3.11. The van der Waals surface area contributed by atoms with Gasteiger partial charge in [0.15, 0.2) is 0 Å². The van der Waals surface area contributed by atoms with E-state index in [9.17, 15) is 8.42 Å². The Hall–Kier alpha value is -1.67. The number of rotatable bonds is 7. The van der Waals surface area contributed by atoms with Crippen molar-refractivity contribution in [3.05, 3.63) is 53.3 Å². The predicted octanol–water partition coefficient (Wildman–Crippen LogP) is 2.93. The molecule has 1 N–H and O–H groups in total. The molecule has 0 amide bonds. The summed E-state index contributed by atoms with van der Waals surface area (Å²) in [5.74, 6) is 0.599. The summed E-state index contributed by atoms with van der Waals surface area (Å²) in [4.78, 5) is 6.79. The first-order valence-corrected chi connectivity index (χ1v) is 10.8. The third-order valence-electron chi connectivity index (χ3n) is 4.80. The fourth-order valence-corrected chi connectivity index (χ4v) is 4.78. The molecule has 8 heteroatoms. The number of ether oxygens (including phenoxy) is 1. The van der Waals surface area contributed by atoms with Crippen molar-refractivity contribution in [2.24, 2.45) is 5.92 Å². The van der Waals surface area contributed by atoms with Crippen LogP contribution in [-0.2, 0) is 16.6 Å². The minimum absolute atomic E-state index is 0.0742. The van der Waals surface area contributed by atoms with Crippen LogP contribution in [0.25, 0.3) is 0 Å². The summed E-state index contributed by atoms with van der Waals surface area (Å²) in [5, 5.41) is 0.360. The number of nitrogens with one attached hydrogen (secondary N) is 1. The molecule has 1 fully saturated rings. The van der Waals surface area contributed by atoms with Crippen LogP contribution >= 0.6 is 11.6 Å². The molecule has 0 spiro atoms. The lowest BCUT2D eigenvalue weighted by Gasteiger charge is -2.31. The van der Waals surface area contributed by atoms with E-state index in [0.29, 0.717) is 17.5 Å². The average Bonchev–Trinajstić information content (AvgIpc) is 2.68. The molecule has 1 saturated heterocycles. The summed E-state index contributed by atoms with van der Waals surface area (Å²) in [6, 6.07) is 10.5. The van der Waals surface area contributed by atoms with Crippen LogP contribution in [-0.4, -0.2) is 45.0 Å². The van der Waals surface area contributed by atoms with Crippen LogP contribution in [0.5, 0.6) is 5.75 Å². The Bertz CT molecular complexity index is 854. The zero-order valence-corrected chi connectivity index (χ0v) is 16.8. The molecule has 6 nitrogen and oxygen atoms in total. The standard InChI is InChI=1S/C19H24ClN3O3S/c1-26-18-6-5-16(20)12-19(18)27(24,25)22-13-15-7-10-23(11-8-15)14-17-4-2-3-9-21-17/h2-6,9,12,15,22H,7-8,10-11,13-14H2,1H3. The average molecular weight is 410 g/mol. The predicted molar refractivity (Wildman–Crippen MR) is 105 cm³/mol. The van der Waals surface area contributed by atoms with E-state index in [1.165, 1.54) is 13.2 Å². The smallest absolute Gasteiger partial charge is 0.244 e. The summed E-state index contributed by atoms with van der Waals surface area (Å²) in [7, 11) is -2.23. The normalized spacial score (nSPS) is 16.4. The van der Waals surface area contributed by atoms with Crippen molar-refractivity contribution in [3.63, 3.8) is 0 Å². The van der Waals surface area contributed by atoms with Crippen LogP contribution in [0.4, 0.5) is 0 Å². The van der Waals surface area contributed by atoms with Gasteiger partial charge in [-0.3, -0.25) is 9.88 Å². The summed E-state index contributed by atoms with van der Waals surface area (Å²) >= 11 is 5.95. The molecule has 1 aromatic heterocycles. The van der Waals surface area contributed by atoms with Gasteiger partial charge in [0.05, 0.1) is 12.8 Å². The van der Waals surface area contributed by atoms with E-state index in [-0.39, 0.29) is 10.6 Å². The molecule has 3 rings (SSSR count). The summed E-state index contributed by atoms with van der Waals surface area (Å²) < 4.78 is 33.2. The number of piperidine rings is 1. The first-order valence-electron chi connectivity index (χ1n) is 8.93. The fourth-order valence-electron chi connectivity index (χ4n) is 3.24. The number of sulfonamides is 1. The highest BCUT2D eigenvalue weighted by molar-refractivity contribution is 7.89. The molecule has 2 aromatic rings. The number of benzene rings is 1. The molecule has 0 unspecified atom stereocenters. The monoisotopic (exact) mass is 409 g/mol. The molecule has 0 aliphatic carbocycles.